The summed E-state index contributed by atoms with van der Waals surface area (Å²) in [6.07, 6.45) is 4.05. The van der Waals surface area contributed by atoms with Gasteiger partial charge in [0.15, 0.2) is 0 Å². The molecule has 20 heavy (non-hydrogen) atoms. The Morgan fingerprint density at radius 3 is 2.85 bits per heavy atom. The van der Waals surface area contributed by atoms with Crippen LogP contribution in [0.2, 0.25) is 0 Å². The Kier molecular flexibility index (Phi) is 7.13. The second kappa shape index (κ2) is 8.62. The largest absolute Gasteiger partial charge is 0.395 e. The second-order valence-corrected chi connectivity index (χ2v) is 5.34. The molecule has 5 heteroatoms. The predicted molar refractivity (Wildman–Crippen MR) is 82.8 cm³/mol. The van der Waals surface area contributed by atoms with Gasteiger partial charge in [-0.2, -0.15) is 11.8 Å². The van der Waals surface area contributed by atoms with Crippen molar-refractivity contribution in [2.75, 3.05) is 25.7 Å². The number of carbonyl (C=O) groups excluding carboxylic acids is 1. The molecule has 0 aliphatic carbocycles. The molecule has 1 amide bonds. The number of hydrogen-bond acceptors (Lipinski definition) is 4. The Balaban J connectivity index is 2.73. The zero-order valence-electron chi connectivity index (χ0n) is 12.1. The van der Waals surface area contributed by atoms with E-state index < -0.39 is 0 Å². The lowest BCUT2D eigenvalue weighted by atomic mass is 10.2. The topological polar surface area (TPSA) is 53.4 Å². The van der Waals surface area contributed by atoms with Crippen molar-refractivity contribution in [2.24, 2.45) is 0 Å². The summed E-state index contributed by atoms with van der Waals surface area (Å²) in [7, 11) is 1.79. The first-order valence-electron chi connectivity index (χ1n) is 6.42. The molecule has 1 aromatic heterocycles. The molecular formula is C15H20N2O2S. The van der Waals surface area contributed by atoms with Crippen LogP contribution in [0, 0.1) is 11.8 Å². The Hall–Kier alpha value is -1.51. The monoisotopic (exact) mass is 292 g/mol. The van der Waals surface area contributed by atoms with Crippen LogP contribution in [-0.4, -0.2) is 52.6 Å². The first-order chi connectivity index (χ1) is 9.60. The molecule has 0 saturated heterocycles. The van der Waals surface area contributed by atoms with Crippen LogP contribution in [0.25, 0.3) is 0 Å². The lowest BCUT2D eigenvalue weighted by Crippen LogP contribution is -2.37. The molecule has 1 N–H and O–H groups in total. The van der Waals surface area contributed by atoms with Crippen molar-refractivity contribution in [2.45, 2.75) is 19.4 Å². The summed E-state index contributed by atoms with van der Waals surface area (Å²) in [6, 6.07) is 3.63. The Morgan fingerprint density at radius 1 is 1.55 bits per heavy atom. The van der Waals surface area contributed by atoms with E-state index >= 15 is 0 Å². The Labute approximate surface area is 124 Å². The van der Waals surface area contributed by atoms with E-state index in [9.17, 15) is 4.79 Å². The average molecular weight is 292 g/mol. The summed E-state index contributed by atoms with van der Waals surface area (Å²) >= 11 is 1.71. The van der Waals surface area contributed by atoms with Crippen molar-refractivity contribution in [3.05, 3.63) is 29.6 Å². The number of nitrogens with zero attached hydrogens (tertiary/aromatic N) is 2. The molecule has 0 aromatic carbocycles. The van der Waals surface area contributed by atoms with E-state index in [1.807, 2.05) is 13.2 Å². The molecule has 0 radical (unpaired) electrons. The van der Waals surface area contributed by atoms with Crippen LogP contribution in [0.4, 0.5) is 0 Å². The summed E-state index contributed by atoms with van der Waals surface area (Å²) < 4.78 is 0. The maximum Gasteiger partial charge on any atom is 0.272 e. The number of carbonyl (C=O) groups is 1. The van der Waals surface area contributed by atoms with Crippen molar-refractivity contribution in [3.8, 4) is 11.8 Å². The van der Waals surface area contributed by atoms with E-state index in [4.69, 9.17) is 5.11 Å². The van der Waals surface area contributed by atoms with Crippen molar-refractivity contribution >= 4 is 17.7 Å². The second-order valence-electron chi connectivity index (χ2n) is 4.43. The average Bonchev–Trinajstić information content (AvgIpc) is 2.47. The molecule has 1 aromatic rings. The molecule has 1 heterocycles. The van der Waals surface area contributed by atoms with E-state index in [0.717, 1.165) is 11.3 Å². The predicted octanol–water partition coefficient (Wildman–Crippen LogP) is 1.64. The van der Waals surface area contributed by atoms with Gasteiger partial charge in [-0.25, -0.2) is 4.98 Å². The molecule has 1 unspecified atom stereocenters. The number of thioether (sulfide) groups is 1. The summed E-state index contributed by atoms with van der Waals surface area (Å²) in [5, 5.41) is 8.65. The van der Waals surface area contributed by atoms with Gasteiger partial charge in [0.2, 0.25) is 0 Å². The van der Waals surface area contributed by atoms with E-state index in [0.29, 0.717) is 12.1 Å². The van der Waals surface area contributed by atoms with Crippen LogP contribution in [0.1, 0.15) is 29.4 Å². The zero-order valence-corrected chi connectivity index (χ0v) is 12.9. The SMILES string of the molecule is CSCC(C)N(C)C(=O)c1ccc(C#CCCO)cn1. The first-order valence-corrected chi connectivity index (χ1v) is 7.81. The van der Waals surface area contributed by atoms with Crippen LogP contribution in [-0.2, 0) is 0 Å². The Morgan fingerprint density at radius 2 is 2.30 bits per heavy atom. The zero-order chi connectivity index (χ0) is 15.0. The molecule has 0 fully saturated rings. The minimum absolute atomic E-state index is 0.0507. The number of aromatic nitrogens is 1. The van der Waals surface area contributed by atoms with Gasteiger partial charge in [-0.3, -0.25) is 4.79 Å². The third-order valence-electron chi connectivity index (χ3n) is 2.84. The van der Waals surface area contributed by atoms with E-state index in [2.05, 4.69) is 16.8 Å². The van der Waals surface area contributed by atoms with Crippen molar-refractivity contribution < 1.29 is 9.90 Å². The van der Waals surface area contributed by atoms with Crippen LogP contribution >= 0.6 is 11.8 Å². The van der Waals surface area contributed by atoms with Crippen LogP contribution in [0.15, 0.2) is 18.3 Å². The van der Waals surface area contributed by atoms with Gasteiger partial charge in [0.25, 0.3) is 5.91 Å². The molecule has 0 aliphatic rings. The third kappa shape index (κ3) is 4.87. The normalized spacial score (nSPS) is 11.4. The quantitative estimate of drug-likeness (QED) is 0.838. The van der Waals surface area contributed by atoms with E-state index in [-0.39, 0.29) is 18.6 Å². The molecule has 0 aliphatic heterocycles. The molecule has 1 rings (SSSR count). The number of aliphatic hydroxyl groups is 1. The lowest BCUT2D eigenvalue weighted by Gasteiger charge is -2.23. The maximum atomic E-state index is 12.2. The highest BCUT2D eigenvalue weighted by molar-refractivity contribution is 7.98. The summed E-state index contributed by atoms with van der Waals surface area (Å²) in [6.45, 7) is 2.07. The van der Waals surface area contributed by atoms with Crippen molar-refractivity contribution in [1.29, 1.82) is 0 Å². The van der Waals surface area contributed by atoms with Crippen molar-refractivity contribution in [3.63, 3.8) is 0 Å². The number of pyridine rings is 1. The number of aliphatic hydroxyl groups excluding tert-OH is 1. The smallest absolute Gasteiger partial charge is 0.272 e. The minimum atomic E-state index is -0.0820. The first kappa shape index (κ1) is 16.5. The standard InChI is InChI=1S/C15H20N2O2S/c1-12(11-20-3)17(2)15(19)14-8-7-13(10-16-14)6-4-5-9-18/h7-8,10,12,18H,5,9,11H2,1-3H3. The fourth-order valence-electron chi connectivity index (χ4n) is 1.55. The van der Waals surface area contributed by atoms with Gasteiger partial charge in [0.1, 0.15) is 5.69 Å². The van der Waals surface area contributed by atoms with Crippen molar-refractivity contribution in [1.82, 2.24) is 9.88 Å². The fourth-order valence-corrected chi connectivity index (χ4v) is 2.25. The number of rotatable bonds is 5. The van der Waals surface area contributed by atoms with Gasteiger partial charge in [0, 0.05) is 37.0 Å². The van der Waals surface area contributed by atoms with Gasteiger partial charge < -0.3 is 10.0 Å². The van der Waals surface area contributed by atoms with Gasteiger partial charge in [0.05, 0.1) is 6.61 Å². The van der Waals surface area contributed by atoms with Crippen LogP contribution in [0.5, 0.6) is 0 Å². The highest BCUT2D eigenvalue weighted by Gasteiger charge is 2.17. The summed E-state index contributed by atoms with van der Waals surface area (Å²) in [4.78, 5) is 18.1. The minimum Gasteiger partial charge on any atom is -0.395 e. The van der Waals surface area contributed by atoms with Crippen LogP contribution < -0.4 is 0 Å². The van der Waals surface area contributed by atoms with Gasteiger partial charge in [-0.15, -0.1) is 0 Å². The molecule has 108 valence electrons. The van der Waals surface area contributed by atoms with E-state index in [1.165, 1.54) is 0 Å². The number of amides is 1. The molecular weight excluding hydrogens is 272 g/mol. The highest BCUT2D eigenvalue weighted by atomic mass is 32.2. The molecule has 4 nitrogen and oxygen atoms in total. The lowest BCUT2D eigenvalue weighted by molar-refractivity contribution is 0.0751. The van der Waals surface area contributed by atoms with Gasteiger partial charge in [-0.05, 0) is 25.3 Å². The third-order valence-corrected chi connectivity index (χ3v) is 3.66. The Bertz CT molecular complexity index is 491. The van der Waals surface area contributed by atoms with Gasteiger partial charge >= 0.3 is 0 Å². The summed E-state index contributed by atoms with van der Waals surface area (Å²) in [5.74, 6) is 6.52. The maximum absolute atomic E-state index is 12.2. The van der Waals surface area contributed by atoms with Crippen LogP contribution in [0.3, 0.4) is 0 Å². The van der Waals surface area contributed by atoms with Gasteiger partial charge in [-0.1, -0.05) is 11.8 Å². The highest BCUT2D eigenvalue weighted by Crippen LogP contribution is 2.08. The molecule has 1 atom stereocenters. The molecule has 0 saturated carbocycles. The summed E-state index contributed by atoms with van der Waals surface area (Å²) in [5.41, 5.74) is 1.17. The molecule has 0 bridgehead atoms. The molecule has 0 spiro atoms. The van der Waals surface area contributed by atoms with E-state index in [1.54, 1.807) is 42.0 Å². The number of hydrogen-bond donors (Lipinski definition) is 1. The fraction of sp³-hybridized carbons (Fsp3) is 0.467.